The van der Waals surface area contributed by atoms with E-state index >= 15 is 0 Å². The summed E-state index contributed by atoms with van der Waals surface area (Å²) in [5, 5.41) is 13.4. The molecule has 0 unspecified atom stereocenters. The van der Waals surface area contributed by atoms with Gasteiger partial charge in [-0.1, -0.05) is 45.4 Å². The molecule has 2 amide bonds. The number of amides is 2. The molecular formula is C15H28N2O4. The summed E-state index contributed by atoms with van der Waals surface area (Å²) in [6.45, 7) is 2.18. The minimum atomic E-state index is -0.960. The monoisotopic (exact) mass is 300 g/mol. The van der Waals surface area contributed by atoms with Gasteiger partial charge in [-0.2, -0.15) is 0 Å². The first kappa shape index (κ1) is 19.4. The fourth-order valence-electron chi connectivity index (χ4n) is 1.88. The maximum atomic E-state index is 11.5. The molecule has 21 heavy (non-hydrogen) atoms. The number of hydrogen-bond donors (Lipinski definition) is 3. The molecule has 0 spiro atoms. The minimum absolute atomic E-state index is 0.0851. The number of carboxylic acid groups (broad SMARTS) is 1. The Morgan fingerprint density at radius 3 is 2.05 bits per heavy atom. The van der Waals surface area contributed by atoms with Crippen molar-refractivity contribution in [2.24, 2.45) is 0 Å². The first-order chi connectivity index (χ1) is 10.1. The molecule has 0 aliphatic carbocycles. The van der Waals surface area contributed by atoms with Gasteiger partial charge in [-0.15, -0.1) is 0 Å². The van der Waals surface area contributed by atoms with Gasteiger partial charge in [0.05, 0.1) is 13.0 Å². The molecule has 122 valence electrons. The van der Waals surface area contributed by atoms with Crippen molar-refractivity contribution in [2.45, 2.75) is 64.7 Å². The van der Waals surface area contributed by atoms with Crippen LogP contribution in [0.5, 0.6) is 0 Å². The van der Waals surface area contributed by atoms with E-state index in [0.29, 0.717) is 6.42 Å². The van der Waals surface area contributed by atoms with E-state index in [1.807, 2.05) is 0 Å². The van der Waals surface area contributed by atoms with E-state index in [-0.39, 0.29) is 31.3 Å². The lowest BCUT2D eigenvalue weighted by molar-refractivity contribution is -0.137. The first-order valence-corrected chi connectivity index (χ1v) is 7.81. The van der Waals surface area contributed by atoms with E-state index in [1.54, 1.807) is 0 Å². The maximum Gasteiger partial charge on any atom is 0.305 e. The summed E-state index contributed by atoms with van der Waals surface area (Å²) in [6.07, 6.45) is 8.37. The molecule has 6 nitrogen and oxygen atoms in total. The molecule has 0 saturated heterocycles. The Labute approximate surface area is 126 Å². The van der Waals surface area contributed by atoms with Crippen LogP contribution in [0, 0.1) is 0 Å². The largest absolute Gasteiger partial charge is 0.481 e. The summed E-state index contributed by atoms with van der Waals surface area (Å²) in [5.41, 5.74) is 0. The quantitative estimate of drug-likeness (QED) is 0.452. The highest BCUT2D eigenvalue weighted by atomic mass is 16.4. The third kappa shape index (κ3) is 14.6. The maximum absolute atomic E-state index is 11.5. The van der Waals surface area contributed by atoms with Gasteiger partial charge >= 0.3 is 5.97 Å². The zero-order chi connectivity index (χ0) is 15.9. The zero-order valence-corrected chi connectivity index (χ0v) is 13.0. The number of aliphatic carboxylic acids is 1. The fourth-order valence-corrected chi connectivity index (χ4v) is 1.88. The number of nitrogens with one attached hydrogen (secondary N) is 2. The lowest BCUT2D eigenvalue weighted by Crippen LogP contribution is -2.37. The van der Waals surface area contributed by atoms with Gasteiger partial charge in [0.1, 0.15) is 0 Å². The highest BCUT2D eigenvalue weighted by molar-refractivity contribution is 5.84. The van der Waals surface area contributed by atoms with Crippen molar-refractivity contribution in [3.8, 4) is 0 Å². The Morgan fingerprint density at radius 1 is 0.810 bits per heavy atom. The Balaban J connectivity index is 3.41. The Kier molecular flexibility index (Phi) is 12.4. The molecule has 3 N–H and O–H groups in total. The summed E-state index contributed by atoms with van der Waals surface area (Å²) in [6, 6.07) is 0. The molecule has 6 heteroatoms. The minimum Gasteiger partial charge on any atom is -0.481 e. The van der Waals surface area contributed by atoms with E-state index < -0.39 is 5.97 Å². The number of unbranched alkanes of at least 4 members (excludes halogenated alkanes) is 6. The van der Waals surface area contributed by atoms with E-state index in [4.69, 9.17) is 5.11 Å². The first-order valence-electron chi connectivity index (χ1n) is 7.81. The van der Waals surface area contributed by atoms with Crippen LogP contribution >= 0.6 is 0 Å². The average molecular weight is 300 g/mol. The van der Waals surface area contributed by atoms with Crippen molar-refractivity contribution in [3.63, 3.8) is 0 Å². The lowest BCUT2D eigenvalue weighted by atomic mass is 10.1. The van der Waals surface area contributed by atoms with Gasteiger partial charge in [0.15, 0.2) is 0 Å². The van der Waals surface area contributed by atoms with Crippen molar-refractivity contribution in [1.29, 1.82) is 0 Å². The Hall–Kier alpha value is -1.59. The van der Waals surface area contributed by atoms with Gasteiger partial charge in [-0.3, -0.25) is 14.4 Å². The Bertz CT molecular complexity index is 319. The average Bonchev–Trinajstić information content (AvgIpc) is 2.43. The third-order valence-corrected chi connectivity index (χ3v) is 3.11. The highest BCUT2D eigenvalue weighted by Gasteiger charge is 2.05. The summed E-state index contributed by atoms with van der Waals surface area (Å²) < 4.78 is 0. The SMILES string of the molecule is CCCCCCCCCC(=O)NCC(=O)NCCC(=O)O. The molecule has 0 aliphatic heterocycles. The molecule has 0 aromatic heterocycles. The normalized spacial score (nSPS) is 10.1. The van der Waals surface area contributed by atoms with E-state index in [9.17, 15) is 14.4 Å². The number of carbonyl (C=O) groups is 3. The van der Waals surface area contributed by atoms with Gasteiger partial charge in [-0.05, 0) is 6.42 Å². The summed E-state index contributed by atoms with van der Waals surface area (Å²) in [5.74, 6) is -1.45. The smallest absolute Gasteiger partial charge is 0.305 e. The standard InChI is InChI=1S/C15H28N2O4/c1-2-3-4-5-6-7-8-9-13(18)17-12-14(19)16-11-10-15(20)21/h2-12H2,1H3,(H,16,19)(H,17,18)(H,20,21). The molecule has 0 rings (SSSR count). The van der Waals surface area contributed by atoms with Crippen molar-refractivity contribution < 1.29 is 19.5 Å². The summed E-state index contributed by atoms with van der Waals surface area (Å²) in [7, 11) is 0. The van der Waals surface area contributed by atoms with Crippen LogP contribution in [-0.2, 0) is 14.4 Å². The lowest BCUT2D eigenvalue weighted by Gasteiger charge is -2.06. The van der Waals surface area contributed by atoms with Crippen LogP contribution in [0.2, 0.25) is 0 Å². The molecule has 0 fully saturated rings. The molecule has 0 aromatic carbocycles. The van der Waals surface area contributed by atoms with Crippen LogP contribution in [0.4, 0.5) is 0 Å². The van der Waals surface area contributed by atoms with Crippen LogP contribution in [0.3, 0.4) is 0 Å². The predicted molar refractivity (Wildman–Crippen MR) is 80.9 cm³/mol. The van der Waals surface area contributed by atoms with Gasteiger partial charge in [0.25, 0.3) is 0 Å². The van der Waals surface area contributed by atoms with E-state index in [0.717, 1.165) is 19.3 Å². The molecule has 0 heterocycles. The second-order valence-electron chi connectivity index (χ2n) is 5.14. The van der Waals surface area contributed by atoms with E-state index in [2.05, 4.69) is 17.6 Å². The summed E-state index contributed by atoms with van der Waals surface area (Å²) in [4.78, 5) is 33.0. The van der Waals surface area contributed by atoms with Crippen LogP contribution in [0.25, 0.3) is 0 Å². The molecule has 0 aliphatic rings. The van der Waals surface area contributed by atoms with Gasteiger partial charge in [-0.25, -0.2) is 0 Å². The van der Waals surface area contributed by atoms with Crippen molar-refractivity contribution in [1.82, 2.24) is 10.6 Å². The number of carbonyl (C=O) groups excluding carboxylic acids is 2. The molecule has 0 radical (unpaired) electrons. The summed E-state index contributed by atoms with van der Waals surface area (Å²) >= 11 is 0. The number of rotatable bonds is 13. The van der Waals surface area contributed by atoms with Crippen molar-refractivity contribution in [2.75, 3.05) is 13.1 Å². The van der Waals surface area contributed by atoms with Gasteiger partial charge in [0.2, 0.25) is 11.8 Å². The van der Waals surface area contributed by atoms with Crippen LogP contribution in [0.15, 0.2) is 0 Å². The second-order valence-corrected chi connectivity index (χ2v) is 5.14. The molecule has 0 atom stereocenters. The molecular weight excluding hydrogens is 272 g/mol. The highest BCUT2D eigenvalue weighted by Crippen LogP contribution is 2.08. The van der Waals surface area contributed by atoms with Crippen molar-refractivity contribution in [3.05, 3.63) is 0 Å². The fraction of sp³-hybridized carbons (Fsp3) is 0.800. The van der Waals surface area contributed by atoms with Crippen LogP contribution < -0.4 is 10.6 Å². The zero-order valence-electron chi connectivity index (χ0n) is 13.0. The molecule has 0 aromatic rings. The molecule has 0 bridgehead atoms. The van der Waals surface area contributed by atoms with Crippen molar-refractivity contribution >= 4 is 17.8 Å². The predicted octanol–water partition coefficient (Wildman–Crippen LogP) is 1.83. The Morgan fingerprint density at radius 2 is 1.43 bits per heavy atom. The third-order valence-electron chi connectivity index (χ3n) is 3.11. The number of carboxylic acids is 1. The second kappa shape index (κ2) is 13.4. The number of hydrogen-bond acceptors (Lipinski definition) is 3. The topological polar surface area (TPSA) is 95.5 Å². The van der Waals surface area contributed by atoms with Crippen LogP contribution in [0.1, 0.15) is 64.7 Å². The van der Waals surface area contributed by atoms with E-state index in [1.165, 1.54) is 25.7 Å². The van der Waals surface area contributed by atoms with Crippen LogP contribution in [-0.4, -0.2) is 36.0 Å². The van der Waals surface area contributed by atoms with Gasteiger partial charge in [0, 0.05) is 13.0 Å². The van der Waals surface area contributed by atoms with Gasteiger partial charge < -0.3 is 15.7 Å². The molecule has 0 saturated carbocycles.